The van der Waals surface area contributed by atoms with Gasteiger partial charge in [-0.1, -0.05) is 70.2 Å². The summed E-state index contributed by atoms with van der Waals surface area (Å²) in [7, 11) is 0. The molecule has 24 heavy (non-hydrogen) atoms. The maximum absolute atomic E-state index is 9.84. The first-order valence-corrected chi connectivity index (χ1v) is 10.00. The molecule has 1 saturated carbocycles. The third-order valence-corrected chi connectivity index (χ3v) is 5.57. The third-order valence-electron chi connectivity index (χ3n) is 5.57. The largest absolute Gasteiger partial charge is 0.396 e. The molecule has 0 spiro atoms. The molecule has 1 aliphatic rings. The topological polar surface area (TPSA) is 32.3 Å². The van der Waals surface area contributed by atoms with Gasteiger partial charge < -0.3 is 10.4 Å². The summed E-state index contributed by atoms with van der Waals surface area (Å²) < 4.78 is 0. The maximum Gasteiger partial charge on any atom is 0.0471 e. The predicted octanol–water partition coefficient (Wildman–Crippen LogP) is 5.25. The molecular formula is C22H37NO. The minimum Gasteiger partial charge on any atom is -0.396 e. The van der Waals surface area contributed by atoms with Crippen LogP contribution in [0.3, 0.4) is 0 Å². The average Bonchev–Trinajstić information content (AvgIpc) is 2.58. The van der Waals surface area contributed by atoms with Crippen LogP contribution >= 0.6 is 0 Å². The predicted molar refractivity (Wildman–Crippen MR) is 103 cm³/mol. The Kier molecular flexibility index (Phi) is 8.28. The molecule has 0 aromatic heterocycles. The first-order chi connectivity index (χ1) is 11.6. The van der Waals surface area contributed by atoms with E-state index in [-0.39, 0.29) is 0 Å². The lowest BCUT2D eigenvalue weighted by molar-refractivity contribution is 0.178. The van der Waals surface area contributed by atoms with Crippen molar-refractivity contribution in [3.05, 3.63) is 35.4 Å². The molecule has 136 valence electrons. The zero-order valence-electron chi connectivity index (χ0n) is 15.9. The Morgan fingerprint density at radius 2 is 1.83 bits per heavy atom. The van der Waals surface area contributed by atoms with Gasteiger partial charge in [0.05, 0.1) is 0 Å². The van der Waals surface area contributed by atoms with Crippen molar-refractivity contribution >= 4 is 0 Å². The molecule has 2 rings (SSSR count). The quantitative estimate of drug-likeness (QED) is 0.647. The molecule has 2 heteroatoms. The molecule has 1 fully saturated rings. The first-order valence-electron chi connectivity index (χ1n) is 10.00. The van der Waals surface area contributed by atoms with Gasteiger partial charge >= 0.3 is 0 Å². The third kappa shape index (κ3) is 6.22. The molecule has 2 unspecified atom stereocenters. The van der Waals surface area contributed by atoms with E-state index < -0.39 is 0 Å². The fraction of sp³-hybridized carbons (Fsp3) is 0.727. The van der Waals surface area contributed by atoms with Crippen LogP contribution in [0.5, 0.6) is 0 Å². The lowest BCUT2D eigenvalue weighted by Crippen LogP contribution is -2.31. The van der Waals surface area contributed by atoms with E-state index >= 15 is 0 Å². The molecule has 0 aliphatic heterocycles. The average molecular weight is 332 g/mol. The second-order valence-electron chi connectivity index (χ2n) is 8.24. The van der Waals surface area contributed by atoms with E-state index in [1.54, 1.807) is 0 Å². The fourth-order valence-electron chi connectivity index (χ4n) is 4.20. The van der Waals surface area contributed by atoms with Crippen LogP contribution in [0.25, 0.3) is 0 Å². The Hall–Kier alpha value is -0.860. The second-order valence-corrected chi connectivity index (χ2v) is 8.24. The normalized spacial score (nSPS) is 18.7. The summed E-state index contributed by atoms with van der Waals surface area (Å²) in [6.07, 6.45) is 9.23. The lowest BCUT2D eigenvalue weighted by Gasteiger charge is -2.28. The molecule has 0 bridgehead atoms. The number of rotatable bonds is 9. The van der Waals surface area contributed by atoms with Crippen LogP contribution in [-0.2, 0) is 0 Å². The van der Waals surface area contributed by atoms with Gasteiger partial charge in [0.2, 0.25) is 0 Å². The van der Waals surface area contributed by atoms with E-state index in [2.05, 4.69) is 50.4 Å². The Bertz CT molecular complexity index is 465. The number of aryl methyl sites for hydroxylation is 1. The number of nitrogens with one attached hydrogen (secondary N) is 1. The fourth-order valence-corrected chi connectivity index (χ4v) is 4.20. The maximum atomic E-state index is 9.84. The molecule has 2 nitrogen and oxygen atoms in total. The Balaban J connectivity index is 1.93. The highest BCUT2D eigenvalue weighted by Gasteiger charge is 2.21. The molecule has 1 aromatic rings. The molecule has 0 heterocycles. The van der Waals surface area contributed by atoms with E-state index in [0.717, 1.165) is 18.9 Å². The van der Waals surface area contributed by atoms with Crippen LogP contribution in [0.1, 0.15) is 76.0 Å². The highest BCUT2D eigenvalue weighted by molar-refractivity contribution is 5.28. The summed E-state index contributed by atoms with van der Waals surface area (Å²) in [6, 6.07) is 9.11. The number of hydrogen-bond donors (Lipinski definition) is 2. The van der Waals surface area contributed by atoms with Gasteiger partial charge in [0.15, 0.2) is 0 Å². The lowest BCUT2D eigenvalue weighted by atomic mass is 9.82. The summed E-state index contributed by atoms with van der Waals surface area (Å²) in [6.45, 7) is 8.03. The van der Waals surface area contributed by atoms with Crippen molar-refractivity contribution in [2.24, 2.45) is 17.8 Å². The van der Waals surface area contributed by atoms with Crippen molar-refractivity contribution in [2.75, 3.05) is 13.2 Å². The molecule has 0 amide bonds. The zero-order valence-corrected chi connectivity index (χ0v) is 15.9. The molecule has 1 aromatic carbocycles. The van der Waals surface area contributed by atoms with Gasteiger partial charge in [-0.3, -0.25) is 0 Å². The number of aliphatic hydroxyl groups excluding tert-OH is 1. The van der Waals surface area contributed by atoms with Gasteiger partial charge in [0, 0.05) is 19.2 Å². The van der Waals surface area contributed by atoms with Gasteiger partial charge in [0.25, 0.3) is 0 Å². The van der Waals surface area contributed by atoms with Crippen LogP contribution in [0.15, 0.2) is 24.3 Å². The highest BCUT2D eigenvalue weighted by atomic mass is 16.3. The van der Waals surface area contributed by atoms with Crippen molar-refractivity contribution in [1.29, 1.82) is 0 Å². The summed E-state index contributed by atoms with van der Waals surface area (Å²) in [5.41, 5.74) is 2.78. The summed E-state index contributed by atoms with van der Waals surface area (Å²) in [4.78, 5) is 0. The zero-order chi connectivity index (χ0) is 17.4. The van der Waals surface area contributed by atoms with Crippen LogP contribution < -0.4 is 5.32 Å². The first kappa shape index (κ1) is 19.5. The van der Waals surface area contributed by atoms with E-state index in [9.17, 15) is 5.11 Å². The van der Waals surface area contributed by atoms with E-state index in [1.165, 1.54) is 49.7 Å². The molecule has 0 saturated heterocycles. The smallest absolute Gasteiger partial charge is 0.0471 e. The number of aliphatic hydroxyl groups is 1. The molecular weight excluding hydrogens is 294 g/mol. The van der Waals surface area contributed by atoms with E-state index in [0.29, 0.717) is 24.5 Å². The van der Waals surface area contributed by atoms with Gasteiger partial charge in [0.1, 0.15) is 0 Å². The van der Waals surface area contributed by atoms with Crippen molar-refractivity contribution in [1.82, 2.24) is 5.32 Å². The standard InChI is InChI=1S/C22H37NO/c1-17(2)13-22(21-12-8-7-9-18(21)3)23-15-20(16-24)14-19-10-5-4-6-11-19/h7-9,12,17,19-20,22-24H,4-6,10-11,13-16H2,1-3H3. The second kappa shape index (κ2) is 10.2. The van der Waals surface area contributed by atoms with Gasteiger partial charge in [-0.25, -0.2) is 0 Å². The van der Waals surface area contributed by atoms with Crippen molar-refractivity contribution < 1.29 is 5.11 Å². The minimum atomic E-state index is 0.311. The van der Waals surface area contributed by atoms with Crippen LogP contribution in [0.2, 0.25) is 0 Å². The van der Waals surface area contributed by atoms with Crippen LogP contribution in [0.4, 0.5) is 0 Å². The van der Waals surface area contributed by atoms with Crippen molar-refractivity contribution in [3.63, 3.8) is 0 Å². The Morgan fingerprint density at radius 3 is 2.46 bits per heavy atom. The SMILES string of the molecule is Cc1ccccc1C(CC(C)C)NCC(CO)CC1CCCCC1. The summed E-state index contributed by atoms with van der Waals surface area (Å²) in [5, 5.41) is 13.6. The number of hydrogen-bond acceptors (Lipinski definition) is 2. The van der Waals surface area contributed by atoms with Gasteiger partial charge in [-0.15, -0.1) is 0 Å². The molecule has 2 atom stereocenters. The van der Waals surface area contributed by atoms with E-state index in [4.69, 9.17) is 0 Å². The molecule has 2 N–H and O–H groups in total. The summed E-state index contributed by atoms with van der Waals surface area (Å²) in [5.74, 6) is 1.89. The van der Waals surface area contributed by atoms with Gasteiger partial charge in [-0.05, 0) is 48.6 Å². The van der Waals surface area contributed by atoms with Crippen molar-refractivity contribution in [3.8, 4) is 0 Å². The van der Waals surface area contributed by atoms with Gasteiger partial charge in [-0.2, -0.15) is 0 Å². The Morgan fingerprint density at radius 1 is 1.12 bits per heavy atom. The monoisotopic (exact) mass is 331 g/mol. The summed E-state index contributed by atoms with van der Waals surface area (Å²) >= 11 is 0. The highest BCUT2D eigenvalue weighted by Crippen LogP contribution is 2.30. The molecule has 0 radical (unpaired) electrons. The Labute approximate surface area is 149 Å². The van der Waals surface area contributed by atoms with E-state index in [1.807, 2.05) is 0 Å². The van der Waals surface area contributed by atoms with Crippen molar-refractivity contribution in [2.45, 2.75) is 71.8 Å². The molecule has 1 aliphatic carbocycles. The van der Waals surface area contributed by atoms with Crippen LogP contribution in [0, 0.1) is 24.7 Å². The minimum absolute atomic E-state index is 0.311. The van der Waals surface area contributed by atoms with Crippen LogP contribution in [-0.4, -0.2) is 18.3 Å². The number of benzene rings is 1.